The molecular weight excluding hydrogens is 282 g/mol. The minimum absolute atomic E-state index is 0.0549. The average molecular weight is 291 g/mol. The van der Waals surface area contributed by atoms with E-state index in [0.717, 1.165) is 4.90 Å². The van der Waals surface area contributed by atoms with E-state index in [4.69, 9.17) is 17.0 Å². The van der Waals surface area contributed by atoms with E-state index in [-0.39, 0.29) is 5.69 Å². The van der Waals surface area contributed by atoms with Crippen LogP contribution in [0.4, 0.5) is 5.69 Å². The summed E-state index contributed by atoms with van der Waals surface area (Å²) in [6, 6.07) is 15.4. The Morgan fingerprint density at radius 3 is 2.32 bits per heavy atom. The smallest absolute Gasteiger partial charge is 0.269 e. The molecule has 0 fully saturated rings. The summed E-state index contributed by atoms with van der Waals surface area (Å²) in [5.41, 5.74) is 0.0549. The minimum atomic E-state index is -0.437. The van der Waals surface area contributed by atoms with Crippen molar-refractivity contribution in [3.63, 3.8) is 0 Å². The van der Waals surface area contributed by atoms with Gasteiger partial charge in [-0.25, -0.2) is 0 Å². The van der Waals surface area contributed by atoms with Crippen LogP contribution in [0, 0.1) is 10.1 Å². The van der Waals surface area contributed by atoms with Gasteiger partial charge in [-0.15, -0.1) is 0 Å². The number of rotatable bonds is 3. The molecule has 0 saturated carbocycles. The molecule has 0 aliphatic carbocycles. The van der Waals surface area contributed by atoms with Gasteiger partial charge in [0, 0.05) is 17.0 Å². The van der Waals surface area contributed by atoms with Crippen molar-refractivity contribution < 1.29 is 9.66 Å². The van der Waals surface area contributed by atoms with Crippen molar-refractivity contribution in [1.82, 2.24) is 0 Å². The van der Waals surface area contributed by atoms with E-state index < -0.39 is 4.92 Å². The first-order chi connectivity index (χ1) is 9.15. The molecule has 0 atom stereocenters. The summed E-state index contributed by atoms with van der Waals surface area (Å²) in [6.07, 6.45) is 0. The molecule has 0 bridgehead atoms. The highest BCUT2D eigenvalue weighted by Crippen LogP contribution is 2.24. The number of nitro groups is 1. The van der Waals surface area contributed by atoms with Crippen molar-refractivity contribution in [2.75, 3.05) is 0 Å². The summed E-state index contributed by atoms with van der Waals surface area (Å²) in [7, 11) is 0. The standard InChI is InChI=1S/C13H9NO3S2/c15-14(16)10-6-8-12(9-7-10)19-13(18)17-11-4-2-1-3-5-11/h1-9H. The molecule has 0 aliphatic rings. The van der Waals surface area contributed by atoms with Gasteiger partial charge in [-0.2, -0.15) is 0 Å². The lowest BCUT2D eigenvalue weighted by Crippen LogP contribution is -1.99. The third-order valence-electron chi connectivity index (χ3n) is 2.19. The number of thioether (sulfide) groups is 1. The molecule has 96 valence electrons. The molecule has 0 unspecified atom stereocenters. The van der Waals surface area contributed by atoms with Gasteiger partial charge in [-0.05, 0) is 48.2 Å². The molecule has 2 aromatic carbocycles. The summed E-state index contributed by atoms with van der Waals surface area (Å²) in [4.78, 5) is 10.9. The normalized spacial score (nSPS) is 9.89. The number of hydrogen-bond acceptors (Lipinski definition) is 5. The second-order valence-corrected chi connectivity index (χ2v) is 5.19. The maximum Gasteiger partial charge on any atom is 0.269 e. The van der Waals surface area contributed by atoms with E-state index in [2.05, 4.69) is 0 Å². The molecule has 4 nitrogen and oxygen atoms in total. The van der Waals surface area contributed by atoms with Gasteiger partial charge >= 0.3 is 0 Å². The molecule has 0 saturated heterocycles. The van der Waals surface area contributed by atoms with Crippen LogP contribution in [0.1, 0.15) is 0 Å². The molecule has 2 aromatic rings. The topological polar surface area (TPSA) is 52.4 Å². The largest absolute Gasteiger partial charge is 0.439 e. The number of benzene rings is 2. The van der Waals surface area contributed by atoms with Crippen LogP contribution in [0.15, 0.2) is 59.5 Å². The zero-order valence-electron chi connectivity index (χ0n) is 9.68. The molecule has 6 heteroatoms. The summed E-state index contributed by atoms with van der Waals surface area (Å²) in [5, 5.41) is 10.5. The molecule has 0 N–H and O–H groups in total. The lowest BCUT2D eigenvalue weighted by Gasteiger charge is -2.05. The Morgan fingerprint density at radius 2 is 1.74 bits per heavy atom. The van der Waals surface area contributed by atoms with Crippen molar-refractivity contribution in [3.8, 4) is 5.75 Å². The van der Waals surface area contributed by atoms with Crippen molar-refractivity contribution >= 4 is 34.0 Å². The van der Waals surface area contributed by atoms with Gasteiger partial charge in [0.15, 0.2) is 0 Å². The molecular formula is C13H9NO3S2. The highest BCUT2D eigenvalue weighted by molar-refractivity contribution is 8.22. The quantitative estimate of drug-likeness (QED) is 0.369. The van der Waals surface area contributed by atoms with Crippen LogP contribution in [-0.2, 0) is 0 Å². The van der Waals surface area contributed by atoms with E-state index in [0.29, 0.717) is 10.1 Å². The number of para-hydroxylation sites is 1. The number of hydrogen-bond donors (Lipinski definition) is 0. The van der Waals surface area contributed by atoms with E-state index in [1.807, 2.05) is 30.3 Å². The van der Waals surface area contributed by atoms with Gasteiger partial charge < -0.3 is 4.74 Å². The van der Waals surface area contributed by atoms with Crippen molar-refractivity contribution in [2.24, 2.45) is 0 Å². The SMILES string of the molecule is O=[N+]([O-])c1ccc(SC(=S)Oc2ccccc2)cc1. The van der Waals surface area contributed by atoms with Crippen LogP contribution in [0.25, 0.3) is 0 Å². The zero-order valence-corrected chi connectivity index (χ0v) is 11.3. The molecule has 0 amide bonds. The fourth-order valence-corrected chi connectivity index (χ4v) is 2.33. The second kappa shape index (κ2) is 6.31. The monoisotopic (exact) mass is 291 g/mol. The Hall–Kier alpha value is -1.92. The van der Waals surface area contributed by atoms with Crippen molar-refractivity contribution in [3.05, 3.63) is 64.7 Å². The van der Waals surface area contributed by atoms with Gasteiger partial charge in [0.05, 0.1) is 4.92 Å². The third-order valence-corrected chi connectivity index (χ3v) is 3.28. The van der Waals surface area contributed by atoms with E-state index in [9.17, 15) is 10.1 Å². The Labute approximate surface area is 119 Å². The van der Waals surface area contributed by atoms with Crippen LogP contribution < -0.4 is 4.74 Å². The van der Waals surface area contributed by atoms with E-state index in [1.54, 1.807) is 12.1 Å². The minimum Gasteiger partial charge on any atom is -0.439 e. The number of nitro benzene ring substituents is 1. The summed E-state index contributed by atoms with van der Waals surface area (Å²) in [5.74, 6) is 0.668. The Balaban J connectivity index is 1.97. The molecule has 0 spiro atoms. The number of thiocarbonyl (C=S) groups is 1. The van der Waals surface area contributed by atoms with Gasteiger partial charge in [0.1, 0.15) is 5.75 Å². The fourth-order valence-electron chi connectivity index (χ4n) is 1.34. The first-order valence-corrected chi connectivity index (χ1v) is 6.57. The lowest BCUT2D eigenvalue weighted by molar-refractivity contribution is -0.384. The molecule has 0 radical (unpaired) electrons. The second-order valence-electron chi connectivity index (χ2n) is 3.52. The van der Waals surface area contributed by atoms with Gasteiger partial charge in [0.2, 0.25) is 4.38 Å². The Bertz CT molecular complexity index is 585. The van der Waals surface area contributed by atoms with Crippen LogP contribution >= 0.6 is 24.0 Å². The predicted molar refractivity (Wildman–Crippen MR) is 78.6 cm³/mol. The molecule has 2 rings (SSSR count). The Morgan fingerprint density at radius 1 is 1.11 bits per heavy atom. The number of non-ortho nitro benzene ring substituents is 1. The van der Waals surface area contributed by atoms with Crippen LogP contribution in [0.5, 0.6) is 5.75 Å². The third kappa shape index (κ3) is 4.04. The zero-order chi connectivity index (χ0) is 13.7. The van der Waals surface area contributed by atoms with Crippen LogP contribution in [-0.4, -0.2) is 9.31 Å². The van der Waals surface area contributed by atoms with Gasteiger partial charge in [-0.1, -0.05) is 18.2 Å². The lowest BCUT2D eigenvalue weighted by atomic mass is 10.3. The summed E-state index contributed by atoms with van der Waals surface area (Å²) in [6.45, 7) is 0. The summed E-state index contributed by atoms with van der Waals surface area (Å²) < 4.78 is 5.80. The number of nitrogens with zero attached hydrogens (tertiary/aromatic N) is 1. The predicted octanol–water partition coefficient (Wildman–Crippen LogP) is 4.05. The number of ether oxygens (including phenoxy) is 1. The highest BCUT2D eigenvalue weighted by Gasteiger charge is 2.07. The summed E-state index contributed by atoms with van der Waals surface area (Å²) >= 11 is 6.35. The van der Waals surface area contributed by atoms with Gasteiger partial charge in [-0.3, -0.25) is 10.1 Å². The molecule has 0 heterocycles. The van der Waals surface area contributed by atoms with Crippen LogP contribution in [0.2, 0.25) is 0 Å². The first kappa shape index (κ1) is 13.5. The molecule has 0 aromatic heterocycles. The van der Waals surface area contributed by atoms with E-state index >= 15 is 0 Å². The van der Waals surface area contributed by atoms with Crippen molar-refractivity contribution in [1.29, 1.82) is 0 Å². The maximum atomic E-state index is 10.5. The molecule has 0 aliphatic heterocycles. The van der Waals surface area contributed by atoms with E-state index in [1.165, 1.54) is 23.9 Å². The molecule has 19 heavy (non-hydrogen) atoms. The first-order valence-electron chi connectivity index (χ1n) is 5.34. The van der Waals surface area contributed by atoms with Gasteiger partial charge in [0.25, 0.3) is 5.69 Å². The van der Waals surface area contributed by atoms with Crippen molar-refractivity contribution in [2.45, 2.75) is 4.90 Å². The van der Waals surface area contributed by atoms with Crippen LogP contribution in [0.3, 0.4) is 0 Å². The Kier molecular flexibility index (Phi) is 4.48. The maximum absolute atomic E-state index is 10.5. The fraction of sp³-hybridized carbons (Fsp3) is 0. The average Bonchev–Trinajstić information content (AvgIpc) is 2.40. The highest BCUT2D eigenvalue weighted by atomic mass is 32.2.